The zero-order valence-corrected chi connectivity index (χ0v) is 25.3. The summed E-state index contributed by atoms with van der Waals surface area (Å²) in [5.41, 5.74) is 5.95. The first-order valence-electron chi connectivity index (χ1n) is 15.3. The number of hydrogen-bond acceptors (Lipinski definition) is 6. The maximum Gasteiger partial charge on any atom is 0.264 e. The van der Waals surface area contributed by atoms with E-state index in [9.17, 15) is 18.0 Å². The number of methoxy groups -OCH3 is 1. The molecule has 2 aliphatic heterocycles. The van der Waals surface area contributed by atoms with Crippen LogP contribution in [0.25, 0.3) is 28.2 Å². The highest BCUT2D eigenvalue weighted by atomic mass is 32.2. The highest BCUT2D eigenvalue weighted by Gasteiger charge is 2.37. The van der Waals surface area contributed by atoms with E-state index in [2.05, 4.69) is 21.4 Å². The van der Waals surface area contributed by atoms with E-state index >= 15 is 0 Å². The van der Waals surface area contributed by atoms with Crippen LogP contribution in [0.2, 0.25) is 0 Å². The zero-order valence-electron chi connectivity index (χ0n) is 24.4. The summed E-state index contributed by atoms with van der Waals surface area (Å²) in [6.45, 7) is 2.41. The van der Waals surface area contributed by atoms with Crippen LogP contribution < -0.4 is 9.46 Å². The Kier molecular flexibility index (Phi) is 7.29. The van der Waals surface area contributed by atoms with Gasteiger partial charge in [0.05, 0.1) is 37.8 Å². The number of rotatable bonds is 6. The van der Waals surface area contributed by atoms with Crippen LogP contribution in [-0.4, -0.2) is 68.4 Å². The molecule has 2 aliphatic carbocycles. The SMILES string of the molecule is COc1cc2c(c(C3CCCCC3)c1)-c1cc3ccc(C(=O)NS(=O)(=O)C4CC4)cc3n1CC(C(=O)N1CCOCC1)=C2. The molecule has 2 saturated carbocycles. The summed E-state index contributed by atoms with van der Waals surface area (Å²) < 4.78 is 40.7. The van der Waals surface area contributed by atoms with Crippen LogP contribution >= 0.6 is 0 Å². The summed E-state index contributed by atoms with van der Waals surface area (Å²) >= 11 is 0. The van der Waals surface area contributed by atoms with Gasteiger partial charge in [0.25, 0.3) is 11.8 Å². The third-order valence-electron chi connectivity index (χ3n) is 9.31. The van der Waals surface area contributed by atoms with Crippen LogP contribution in [0, 0.1) is 0 Å². The van der Waals surface area contributed by atoms with Gasteiger partial charge in [-0.3, -0.25) is 9.59 Å². The van der Waals surface area contributed by atoms with E-state index in [0.29, 0.717) is 57.2 Å². The van der Waals surface area contributed by atoms with Crippen molar-refractivity contribution in [3.05, 3.63) is 58.7 Å². The highest BCUT2D eigenvalue weighted by Crippen LogP contribution is 2.45. The van der Waals surface area contributed by atoms with Crippen LogP contribution in [0.1, 0.15) is 72.3 Å². The van der Waals surface area contributed by atoms with Crippen molar-refractivity contribution in [1.82, 2.24) is 14.2 Å². The lowest BCUT2D eigenvalue weighted by atomic mass is 9.80. The van der Waals surface area contributed by atoms with E-state index in [-0.39, 0.29) is 11.5 Å². The zero-order chi connectivity index (χ0) is 29.7. The Morgan fingerprint density at radius 2 is 1.74 bits per heavy atom. The van der Waals surface area contributed by atoms with Crippen molar-refractivity contribution in [2.75, 3.05) is 33.4 Å². The lowest BCUT2D eigenvalue weighted by Gasteiger charge is -2.28. The Bertz CT molecular complexity index is 1740. The van der Waals surface area contributed by atoms with Gasteiger partial charge in [0, 0.05) is 40.7 Å². The molecule has 7 rings (SSSR count). The summed E-state index contributed by atoms with van der Waals surface area (Å²) in [5.74, 6) is 0.485. The van der Waals surface area contributed by atoms with Gasteiger partial charge in [-0.15, -0.1) is 0 Å². The van der Waals surface area contributed by atoms with E-state index in [4.69, 9.17) is 9.47 Å². The second-order valence-electron chi connectivity index (χ2n) is 12.2. The van der Waals surface area contributed by atoms with Gasteiger partial charge in [-0.2, -0.15) is 0 Å². The highest BCUT2D eigenvalue weighted by molar-refractivity contribution is 7.91. The summed E-state index contributed by atoms with van der Waals surface area (Å²) in [6.07, 6.45) is 8.96. The number of ether oxygens (including phenoxy) is 2. The largest absolute Gasteiger partial charge is 0.497 e. The molecule has 43 heavy (non-hydrogen) atoms. The number of sulfonamides is 1. The van der Waals surface area contributed by atoms with Gasteiger partial charge in [0.2, 0.25) is 10.0 Å². The van der Waals surface area contributed by atoms with Crippen molar-refractivity contribution in [2.45, 2.75) is 62.7 Å². The lowest BCUT2D eigenvalue weighted by Crippen LogP contribution is -2.41. The molecule has 3 aromatic rings. The number of benzene rings is 2. The smallest absolute Gasteiger partial charge is 0.264 e. The topological polar surface area (TPSA) is 107 Å². The third-order valence-corrected chi connectivity index (χ3v) is 11.1. The van der Waals surface area contributed by atoms with Crippen molar-refractivity contribution < 1.29 is 27.5 Å². The van der Waals surface area contributed by atoms with Gasteiger partial charge in [-0.05, 0) is 79.1 Å². The minimum Gasteiger partial charge on any atom is -0.497 e. The molecule has 0 bridgehead atoms. The maximum absolute atomic E-state index is 14.0. The van der Waals surface area contributed by atoms with E-state index < -0.39 is 21.2 Å². The molecule has 3 heterocycles. The predicted octanol–water partition coefficient (Wildman–Crippen LogP) is 4.84. The first kappa shape index (κ1) is 28.2. The van der Waals surface area contributed by atoms with Crippen molar-refractivity contribution in [1.29, 1.82) is 0 Å². The molecule has 0 unspecified atom stereocenters. The van der Waals surface area contributed by atoms with Crippen LogP contribution in [0.5, 0.6) is 5.75 Å². The molecule has 2 amide bonds. The van der Waals surface area contributed by atoms with Crippen LogP contribution in [0.15, 0.2) is 42.0 Å². The fourth-order valence-electron chi connectivity index (χ4n) is 6.85. The van der Waals surface area contributed by atoms with Crippen molar-refractivity contribution in [2.24, 2.45) is 0 Å². The molecule has 0 radical (unpaired) electrons. The predicted molar refractivity (Wildman–Crippen MR) is 165 cm³/mol. The number of hydrogen-bond donors (Lipinski definition) is 1. The van der Waals surface area contributed by atoms with Gasteiger partial charge in [-0.1, -0.05) is 25.3 Å². The maximum atomic E-state index is 14.0. The van der Waals surface area contributed by atoms with Crippen molar-refractivity contribution >= 4 is 38.8 Å². The Balaban J connectivity index is 1.39. The lowest BCUT2D eigenvalue weighted by molar-refractivity contribution is -0.131. The Labute approximate surface area is 251 Å². The molecule has 0 spiro atoms. The first-order chi connectivity index (χ1) is 20.8. The van der Waals surface area contributed by atoms with Gasteiger partial charge < -0.3 is 18.9 Å². The van der Waals surface area contributed by atoms with Gasteiger partial charge in [0.15, 0.2) is 0 Å². The number of carbonyl (C=O) groups excluding carboxylic acids is 2. The van der Waals surface area contributed by atoms with Crippen molar-refractivity contribution in [3.8, 4) is 17.0 Å². The van der Waals surface area contributed by atoms with Crippen LogP contribution in [0.4, 0.5) is 0 Å². The van der Waals surface area contributed by atoms with Crippen LogP contribution in [-0.2, 0) is 26.1 Å². The van der Waals surface area contributed by atoms with Gasteiger partial charge in [-0.25, -0.2) is 13.1 Å². The molecule has 1 saturated heterocycles. The molecule has 0 atom stereocenters. The first-order valence-corrected chi connectivity index (χ1v) is 16.9. The average Bonchev–Trinajstić information content (AvgIpc) is 3.86. The minimum absolute atomic E-state index is 0.0320. The summed E-state index contributed by atoms with van der Waals surface area (Å²) in [4.78, 5) is 28.9. The number of carbonyl (C=O) groups is 2. The summed E-state index contributed by atoms with van der Waals surface area (Å²) in [5, 5.41) is 0.434. The normalized spacial score (nSPS) is 19.3. The standard InChI is InChI=1S/C33H37N3O6S/c1-41-26-16-24-15-25(33(38)35-11-13-42-14-12-35)20-36-29-18-23(32(37)34-43(39,40)27-9-10-27)8-7-22(29)17-30(36)31(24)28(19-26)21-5-3-2-4-6-21/h7-8,15-19,21,27H,2-6,9-14,20H2,1H3,(H,34,37). The number of nitrogens with one attached hydrogen (secondary N) is 1. The number of aromatic nitrogens is 1. The quantitative estimate of drug-likeness (QED) is 0.432. The molecular formula is C33H37N3O6S. The molecule has 10 heteroatoms. The van der Waals surface area contributed by atoms with E-state index in [1.165, 1.54) is 24.8 Å². The Morgan fingerprint density at radius 1 is 0.977 bits per heavy atom. The van der Waals surface area contributed by atoms with Crippen LogP contribution in [0.3, 0.4) is 0 Å². The number of amides is 2. The van der Waals surface area contributed by atoms with E-state index in [1.807, 2.05) is 23.1 Å². The molecule has 9 nitrogen and oxygen atoms in total. The second-order valence-corrected chi connectivity index (χ2v) is 14.1. The molecule has 2 aromatic carbocycles. The molecule has 226 valence electrons. The third kappa shape index (κ3) is 5.35. The fraction of sp³-hybridized carbons (Fsp3) is 0.455. The molecular weight excluding hydrogens is 566 g/mol. The fourth-order valence-corrected chi connectivity index (χ4v) is 8.15. The van der Waals surface area contributed by atoms with E-state index in [0.717, 1.165) is 46.3 Å². The molecule has 3 fully saturated rings. The average molecular weight is 604 g/mol. The Hall–Kier alpha value is -3.63. The number of fused-ring (bicyclic) bond motifs is 5. The monoisotopic (exact) mass is 603 g/mol. The summed E-state index contributed by atoms with van der Waals surface area (Å²) in [7, 11) is -2.00. The molecule has 1 aromatic heterocycles. The Morgan fingerprint density at radius 3 is 2.47 bits per heavy atom. The van der Waals surface area contributed by atoms with Gasteiger partial charge >= 0.3 is 0 Å². The number of nitrogens with zero attached hydrogens (tertiary/aromatic N) is 2. The van der Waals surface area contributed by atoms with E-state index in [1.54, 1.807) is 19.2 Å². The minimum atomic E-state index is -3.68. The van der Waals surface area contributed by atoms with Gasteiger partial charge in [0.1, 0.15) is 5.75 Å². The summed E-state index contributed by atoms with van der Waals surface area (Å²) in [6, 6.07) is 11.6. The molecule has 4 aliphatic rings. The van der Waals surface area contributed by atoms with Crippen molar-refractivity contribution in [3.63, 3.8) is 0 Å². The molecule has 1 N–H and O–H groups in total. The number of morpholine rings is 1. The second kappa shape index (κ2) is 11.1.